The van der Waals surface area contributed by atoms with Crippen LogP contribution in [-0.4, -0.2) is 11.8 Å². The molecule has 0 fully saturated rings. The number of amides is 2. The van der Waals surface area contributed by atoms with Crippen molar-refractivity contribution in [2.75, 3.05) is 5.32 Å². The quantitative estimate of drug-likeness (QED) is 0.885. The number of nitrogens with two attached hydrogens (primary N) is 1. The van der Waals surface area contributed by atoms with Crippen molar-refractivity contribution in [3.63, 3.8) is 0 Å². The molecule has 4 nitrogen and oxygen atoms in total. The van der Waals surface area contributed by atoms with Gasteiger partial charge in [0.2, 0.25) is 11.8 Å². The number of anilines is 1. The second kappa shape index (κ2) is 6.70. The molecule has 0 bridgehead atoms. The van der Waals surface area contributed by atoms with E-state index in [9.17, 15) is 9.59 Å². The highest BCUT2D eigenvalue weighted by Gasteiger charge is 2.18. The van der Waals surface area contributed by atoms with E-state index < -0.39 is 5.91 Å². The molecule has 21 heavy (non-hydrogen) atoms. The van der Waals surface area contributed by atoms with E-state index >= 15 is 0 Å². The monoisotopic (exact) mass is 282 g/mol. The molecule has 2 amide bonds. The Labute approximate surface area is 124 Å². The van der Waals surface area contributed by atoms with E-state index in [4.69, 9.17) is 5.73 Å². The first-order chi connectivity index (χ1) is 10.1. The molecule has 3 N–H and O–H groups in total. The molecule has 2 aromatic rings. The number of nitrogens with one attached hydrogen (secondary N) is 1. The fourth-order valence-corrected chi connectivity index (χ4v) is 2.21. The van der Waals surface area contributed by atoms with Crippen LogP contribution in [0.5, 0.6) is 0 Å². The highest BCUT2D eigenvalue weighted by atomic mass is 16.2. The molecule has 0 radical (unpaired) electrons. The number of hydrogen-bond donors (Lipinski definition) is 2. The molecule has 1 atom stereocenters. The fourth-order valence-electron chi connectivity index (χ4n) is 2.21. The van der Waals surface area contributed by atoms with E-state index in [-0.39, 0.29) is 11.8 Å². The van der Waals surface area contributed by atoms with Crippen LogP contribution in [0.3, 0.4) is 0 Å². The van der Waals surface area contributed by atoms with Gasteiger partial charge >= 0.3 is 0 Å². The Kier molecular flexibility index (Phi) is 4.72. The fraction of sp³-hybridized carbons (Fsp3) is 0.176. The summed E-state index contributed by atoms with van der Waals surface area (Å²) in [5.74, 6) is -0.735. The summed E-state index contributed by atoms with van der Waals surface area (Å²) in [6, 6.07) is 16.2. The van der Waals surface area contributed by atoms with Crippen LogP contribution in [0.2, 0.25) is 0 Å². The van der Waals surface area contributed by atoms with Gasteiger partial charge in [-0.1, -0.05) is 37.3 Å². The van der Waals surface area contributed by atoms with E-state index in [1.54, 1.807) is 24.3 Å². The molecule has 0 spiro atoms. The minimum atomic E-state index is -0.483. The van der Waals surface area contributed by atoms with Crippen molar-refractivity contribution < 1.29 is 9.59 Å². The van der Waals surface area contributed by atoms with Gasteiger partial charge in [0, 0.05) is 11.3 Å². The zero-order valence-electron chi connectivity index (χ0n) is 11.9. The average Bonchev–Trinajstić information content (AvgIpc) is 2.49. The topological polar surface area (TPSA) is 72.2 Å². The molecule has 0 aliphatic rings. The van der Waals surface area contributed by atoms with Gasteiger partial charge in [-0.25, -0.2) is 0 Å². The van der Waals surface area contributed by atoms with Crippen molar-refractivity contribution in [3.05, 3.63) is 65.7 Å². The molecule has 0 aromatic heterocycles. The van der Waals surface area contributed by atoms with E-state index in [1.807, 2.05) is 37.3 Å². The molecule has 2 aromatic carbocycles. The number of carbonyl (C=O) groups excluding carboxylic acids is 2. The summed E-state index contributed by atoms with van der Waals surface area (Å²) < 4.78 is 0. The highest BCUT2D eigenvalue weighted by Crippen LogP contribution is 2.21. The minimum Gasteiger partial charge on any atom is -0.366 e. The van der Waals surface area contributed by atoms with Crippen molar-refractivity contribution in [3.8, 4) is 0 Å². The Morgan fingerprint density at radius 2 is 1.67 bits per heavy atom. The van der Waals surface area contributed by atoms with E-state index in [2.05, 4.69) is 5.32 Å². The van der Waals surface area contributed by atoms with Crippen LogP contribution < -0.4 is 11.1 Å². The molecule has 108 valence electrons. The lowest BCUT2D eigenvalue weighted by Crippen LogP contribution is -2.20. The molecular formula is C17H18N2O2. The first kappa shape index (κ1) is 14.8. The number of primary amides is 1. The van der Waals surface area contributed by atoms with Crippen LogP contribution in [0, 0.1) is 0 Å². The van der Waals surface area contributed by atoms with E-state index in [0.717, 1.165) is 12.0 Å². The third-order valence-electron chi connectivity index (χ3n) is 3.36. The average molecular weight is 282 g/mol. The van der Waals surface area contributed by atoms with Gasteiger partial charge in [0.25, 0.3) is 0 Å². The maximum atomic E-state index is 12.4. The van der Waals surface area contributed by atoms with E-state index in [0.29, 0.717) is 11.3 Å². The second-order valence-electron chi connectivity index (χ2n) is 4.80. The first-order valence-electron chi connectivity index (χ1n) is 6.87. The Bertz CT molecular complexity index is 621. The lowest BCUT2D eigenvalue weighted by atomic mass is 9.95. The van der Waals surface area contributed by atoms with Crippen molar-refractivity contribution in [2.24, 2.45) is 5.73 Å². The van der Waals surface area contributed by atoms with Crippen LogP contribution in [0.4, 0.5) is 5.69 Å². The van der Waals surface area contributed by atoms with Gasteiger partial charge in [0.05, 0.1) is 5.92 Å². The Balaban J connectivity index is 2.11. The molecule has 0 aliphatic heterocycles. The zero-order chi connectivity index (χ0) is 15.2. The maximum absolute atomic E-state index is 12.4. The van der Waals surface area contributed by atoms with Gasteiger partial charge in [0.15, 0.2) is 0 Å². The highest BCUT2D eigenvalue weighted by molar-refractivity contribution is 5.97. The van der Waals surface area contributed by atoms with E-state index in [1.165, 1.54) is 0 Å². The Morgan fingerprint density at radius 1 is 1.05 bits per heavy atom. The zero-order valence-corrected chi connectivity index (χ0v) is 11.9. The number of rotatable bonds is 5. The SMILES string of the molecule is CC[C@@H](C(=O)Nc1ccc(C(N)=O)cc1)c1ccccc1. The normalized spacial score (nSPS) is 11.7. The van der Waals surface area contributed by atoms with Crippen LogP contribution in [-0.2, 0) is 4.79 Å². The summed E-state index contributed by atoms with van der Waals surface area (Å²) >= 11 is 0. The number of hydrogen-bond acceptors (Lipinski definition) is 2. The molecule has 0 saturated heterocycles. The van der Waals surface area contributed by atoms with Crippen LogP contribution >= 0.6 is 0 Å². The summed E-state index contributed by atoms with van der Waals surface area (Å²) in [6.07, 6.45) is 0.717. The molecule has 4 heteroatoms. The standard InChI is InChI=1S/C17H18N2O2/c1-2-15(12-6-4-3-5-7-12)17(21)19-14-10-8-13(9-11-14)16(18)20/h3-11,15H,2H2,1H3,(H2,18,20)(H,19,21)/t15-/m1/s1. The Morgan fingerprint density at radius 3 is 2.19 bits per heavy atom. The molecule has 0 heterocycles. The van der Waals surface area contributed by atoms with Gasteiger partial charge in [-0.2, -0.15) is 0 Å². The second-order valence-corrected chi connectivity index (χ2v) is 4.80. The summed E-state index contributed by atoms with van der Waals surface area (Å²) in [4.78, 5) is 23.4. The summed E-state index contributed by atoms with van der Waals surface area (Å²) in [7, 11) is 0. The molecule has 0 unspecified atom stereocenters. The summed E-state index contributed by atoms with van der Waals surface area (Å²) in [5, 5.41) is 2.87. The van der Waals surface area contributed by atoms with Crippen LogP contribution in [0.25, 0.3) is 0 Å². The van der Waals surface area contributed by atoms with Crippen molar-refractivity contribution in [1.82, 2.24) is 0 Å². The predicted molar refractivity (Wildman–Crippen MR) is 83.1 cm³/mol. The largest absolute Gasteiger partial charge is 0.366 e. The van der Waals surface area contributed by atoms with Crippen molar-refractivity contribution >= 4 is 17.5 Å². The lowest BCUT2D eigenvalue weighted by Gasteiger charge is -2.15. The van der Waals surface area contributed by atoms with Crippen LogP contribution in [0.1, 0.15) is 35.2 Å². The lowest BCUT2D eigenvalue weighted by molar-refractivity contribution is -0.117. The van der Waals surface area contributed by atoms with Gasteiger partial charge in [-0.15, -0.1) is 0 Å². The van der Waals surface area contributed by atoms with Crippen LogP contribution in [0.15, 0.2) is 54.6 Å². The Hall–Kier alpha value is -2.62. The third-order valence-corrected chi connectivity index (χ3v) is 3.36. The van der Waals surface area contributed by atoms with Crippen molar-refractivity contribution in [1.29, 1.82) is 0 Å². The minimum absolute atomic E-state index is 0.0597. The predicted octanol–water partition coefficient (Wildman–Crippen LogP) is 2.92. The molecule has 0 saturated carbocycles. The number of carbonyl (C=O) groups is 2. The molecular weight excluding hydrogens is 264 g/mol. The third kappa shape index (κ3) is 3.69. The smallest absolute Gasteiger partial charge is 0.248 e. The molecule has 0 aliphatic carbocycles. The molecule has 2 rings (SSSR count). The first-order valence-corrected chi connectivity index (χ1v) is 6.87. The van der Waals surface area contributed by atoms with Gasteiger partial charge in [0.1, 0.15) is 0 Å². The van der Waals surface area contributed by atoms with Gasteiger partial charge in [-0.3, -0.25) is 9.59 Å². The van der Waals surface area contributed by atoms with Crippen molar-refractivity contribution in [2.45, 2.75) is 19.3 Å². The number of benzene rings is 2. The van der Waals surface area contributed by atoms with Gasteiger partial charge in [-0.05, 0) is 36.2 Å². The van der Waals surface area contributed by atoms with Gasteiger partial charge < -0.3 is 11.1 Å². The summed E-state index contributed by atoms with van der Waals surface area (Å²) in [5.41, 5.74) is 7.25. The summed E-state index contributed by atoms with van der Waals surface area (Å²) in [6.45, 7) is 1.98. The maximum Gasteiger partial charge on any atom is 0.248 e.